The predicted octanol–water partition coefficient (Wildman–Crippen LogP) is 3.41. The Morgan fingerprint density at radius 3 is 2.32 bits per heavy atom. The molecule has 0 saturated carbocycles. The molecule has 0 aliphatic carbocycles. The third-order valence-electron chi connectivity index (χ3n) is 4.83. The number of hydrogen-bond acceptors (Lipinski definition) is 3. The second kappa shape index (κ2) is 8.54. The number of unbranched alkanes of at least 4 members (excludes halogenated alkanes) is 2. The number of likely N-dealkylation sites (N-methyl/N-ethyl adjacent to an activating group) is 1. The number of hydrogen-bond donors (Lipinski definition) is 0. The van der Waals surface area contributed by atoms with E-state index in [0.717, 1.165) is 18.8 Å². The van der Waals surface area contributed by atoms with Gasteiger partial charge in [0.25, 0.3) is 0 Å². The van der Waals surface area contributed by atoms with Crippen LogP contribution >= 0.6 is 0 Å². The van der Waals surface area contributed by atoms with Crippen LogP contribution in [-0.4, -0.2) is 56.2 Å². The number of benzene rings is 1. The first kappa shape index (κ1) is 17.3. The molecule has 1 heterocycles. The quantitative estimate of drug-likeness (QED) is 0.718. The molecule has 0 spiro atoms. The van der Waals surface area contributed by atoms with Crippen LogP contribution in [-0.2, 0) is 0 Å². The van der Waals surface area contributed by atoms with Crippen molar-refractivity contribution < 1.29 is 4.74 Å². The molecule has 1 saturated heterocycles. The normalized spacial score (nSPS) is 16.9. The Morgan fingerprint density at radius 1 is 0.909 bits per heavy atom. The lowest BCUT2D eigenvalue weighted by molar-refractivity contribution is 0.151. The fraction of sp³-hybridized carbons (Fsp3) is 0.684. The highest BCUT2D eigenvalue weighted by molar-refractivity contribution is 5.44. The molecular weight excluding hydrogens is 272 g/mol. The molecule has 0 unspecified atom stereocenters. The van der Waals surface area contributed by atoms with E-state index in [1.54, 1.807) is 0 Å². The lowest BCUT2D eigenvalue weighted by atomic mass is 10.1. The Labute approximate surface area is 136 Å². The molecule has 3 heteroatoms. The molecule has 0 amide bonds. The van der Waals surface area contributed by atoms with Gasteiger partial charge in [-0.05, 0) is 70.3 Å². The Kier molecular flexibility index (Phi) is 6.71. The Hall–Kier alpha value is -1.06. The van der Waals surface area contributed by atoms with E-state index in [1.165, 1.54) is 62.3 Å². The first-order valence-electron chi connectivity index (χ1n) is 8.68. The molecule has 0 aromatic heterocycles. The average Bonchev–Trinajstić information content (AvgIpc) is 2.51. The van der Waals surface area contributed by atoms with E-state index >= 15 is 0 Å². The molecule has 2 rings (SSSR count). The highest BCUT2D eigenvalue weighted by atomic mass is 16.5. The number of piperazine rings is 1. The molecule has 1 fully saturated rings. The minimum Gasteiger partial charge on any atom is -0.493 e. The second-order valence-electron chi connectivity index (χ2n) is 6.71. The number of rotatable bonds is 7. The van der Waals surface area contributed by atoms with E-state index in [-0.39, 0.29) is 0 Å². The van der Waals surface area contributed by atoms with Crippen molar-refractivity contribution in [3.63, 3.8) is 0 Å². The molecule has 3 nitrogen and oxygen atoms in total. The van der Waals surface area contributed by atoms with Crippen molar-refractivity contribution in [1.82, 2.24) is 9.80 Å². The maximum atomic E-state index is 6.03. The molecule has 22 heavy (non-hydrogen) atoms. The van der Waals surface area contributed by atoms with Crippen LogP contribution in [0.3, 0.4) is 0 Å². The monoisotopic (exact) mass is 304 g/mol. The molecule has 1 aliphatic rings. The topological polar surface area (TPSA) is 15.7 Å². The van der Waals surface area contributed by atoms with Crippen LogP contribution in [0.4, 0.5) is 0 Å². The van der Waals surface area contributed by atoms with Crippen LogP contribution < -0.4 is 4.74 Å². The van der Waals surface area contributed by atoms with E-state index < -0.39 is 0 Å². The van der Waals surface area contributed by atoms with E-state index in [2.05, 4.69) is 49.8 Å². The van der Waals surface area contributed by atoms with Gasteiger partial charge in [-0.3, -0.25) is 0 Å². The Balaban J connectivity index is 1.61. The highest BCUT2D eigenvalue weighted by Gasteiger charge is 2.12. The zero-order valence-corrected chi connectivity index (χ0v) is 14.8. The van der Waals surface area contributed by atoms with Crippen molar-refractivity contribution in [3.8, 4) is 5.75 Å². The highest BCUT2D eigenvalue weighted by Crippen LogP contribution is 2.25. The standard InChI is InChI=1S/C19H32N2O/c1-16-8-9-17(2)19(18(16)3)22-15-7-5-6-10-21-13-11-20(4)12-14-21/h8-9H,5-7,10-15H2,1-4H3. The van der Waals surface area contributed by atoms with Crippen LogP contribution in [0.25, 0.3) is 0 Å². The summed E-state index contributed by atoms with van der Waals surface area (Å²) in [6.45, 7) is 13.4. The van der Waals surface area contributed by atoms with Crippen molar-refractivity contribution in [2.24, 2.45) is 0 Å². The zero-order chi connectivity index (χ0) is 15.9. The SMILES string of the molecule is Cc1ccc(C)c(OCCCCCN2CCN(C)CC2)c1C. The van der Waals surface area contributed by atoms with Crippen molar-refractivity contribution in [2.45, 2.75) is 40.0 Å². The smallest absolute Gasteiger partial charge is 0.125 e. The predicted molar refractivity (Wildman–Crippen MR) is 93.9 cm³/mol. The van der Waals surface area contributed by atoms with Gasteiger partial charge in [-0.15, -0.1) is 0 Å². The second-order valence-corrected chi connectivity index (χ2v) is 6.71. The van der Waals surface area contributed by atoms with Gasteiger partial charge in [0.1, 0.15) is 5.75 Å². The maximum absolute atomic E-state index is 6.03. The van der Waals surface area contributed by atoms with E-state index in [0.29, 0.717) is 0 Å². The third kappa shape index (κ3) is 4.99. The number of ether oxygens (including phenoxy) is 1. The van der Waals surface area contributed by atoms with Gasteiger partial charge in [-0.2, -0.15) is 0 Å². The lowest BCUT2D eigenvalue weighted by Gasteiger charge is -2.32. The van der Waals surface area contributed by atoms with Crippen molar-refractivity contribution in [2.75, 3.05) is 46.4 Å². The molecule has 0 N–H and O–H groups in total. The molecule has 124 valence electrons. The van der Waals surface area contributed by atoms with Gasteiger partial charge in [-0.1, -0.05) is 12.1 Å². The van der Waals surface area contributed by atoms with E-state index in [1.807, 2.05) is 0 Å². The number of aryl methyl sites for hydroxylation is 2. The summed E-state index contributed by atoms with van der Waals surface area (Å²) in [6, 6.07) is 4.33. The van der Waals surface area contributed by atoms with Gasteiger partial charge < -0.3 is 14.5 Å². The van der Waals surface area contributed by atoms with Gasteiger partial charge in [0.05, 0.1) is 6.61 Å². The molecule has 1 aromatic carbocycles. The average molecular weight is 304 g/mol. The summed E-state index contributed by atoms with van der Waals surface area (Å²) in [5, 5.41) is 0. The van der Waals surface area contributed by atoms with Crippen LogP contribution in [0, 0.1) is 20.8 Å². The molecule has 0 bridgehead atoms. The third-order valence-corrected chi connectivity index (χ3v) is 4.83. The zero-order valence-electron chi connectivity index (χ0n) is 14.8. The summed E-state index contributed by atoms with van der Waals surface area (Å²) in [4.78, 5) is 5.01. The fourth-order valence-electron chi connectivity index (χ4n) is 3.01. The molecule has 0 atom stereocenters. The largest absolute Gasteiger partial charge is 0.493 e. The van der Waals surface area contributed by atoms with Gasteiger partial charge in [0, 0.05) is 26.2 Å². The first-order valence-corrected chi connectivity index (χ1v) is 8.68. The maximum Gasteiger partial charge on any atom is 0.125 e. The van der Waals surface area contributed by atoms with Crippen molar-refractivity contribution in [1.29, 1.82) is 0 Å². The lowest BCUT2D eigenvalue weighted by Crippen LogP contribution is -2.44. The van der Waals surface area contributed by atoms with Crippen LogP contribution in [0.15, 0.2) is 12.1 Å². The fourth-order valence-corrected chi connectivity index (χ4v) is 3.01. The van der Waals surface area contributed by atoms with Crippen LogP contribution in [0.5, 0.6) is 5.75 Å². The van der Waals surface area contributed by atoms with Crippen LogP contribution in [0.1, 0.15) is 36.0 Å². The van der Waals surface area contributed by atoms with Gasteiger partial charge in [0.15, 0.2) is 0 Å². The summed E-state index contributed by atoms with van der Waals surface area (Å²) in [5.41, 5.74) is 3.86. The summed E-state index contributed by atoms with van der Waals surface area (Å²) < 4.78 is 6.03. The summed E-state index contributed by atoms with van der Waals surface area (Å²) in [6.07, 6.45) is 3.70. The van der Waals surface area contributed by atoms with E-state index in [9.17, 15) is 0 Å². The van der Waals surface area contributed by atoms with Gasteiger partial charge in [0.2, 0.25) is 0 Å². The molecule has 1 aromatic rings. The summed E-state index contributed by atoms with van der Waals surface area (Å²) in [5.74, 6) is 1.10. The summed E-state index contributed by atoms with van der Waals surface area (Å²) >= 11 is 0. The van der Waals surface area contributed by atoms with E-state index in [4.69, 9.17) is 4.74 Å². The first-order chi connectivity index (χ1) is 10.6. The Morgan fingerprint density at radius 2 is 1.59 bits per heavy atom. The molecule has 1 aliphatic heterocycles. The summed E-state index contributed by atoms with van der Waals surface area (Å²) in [7, 11) is 2.21. The Bertz CT molecular complexity index is 465. The van der Waals surface area contributed by atoms with Crippen LogP contribution in [0.2, 0.25) is 0 Å². The molecular formula is C19H32N2O. The van der Waals surface area contributed by atoms with Crippen molar-refractivity contribution >= 4 is 0 Å². The minimum atomic E-state index is 0.841. The van der Waals surface area contributed by atoms with Gasteiger partial charge >= 0.3 is 0 Å². The van der Waals surface area contributed by atoms with Crippen molar-refractivity contribution in [3.05, 3.63) is 28.8 Å². The minimum absolute atomic E-state index is 0.841. The number of nitrogens with zero attached hydrogens (tertiary/aromatic N) is 2. The van der Waals surface area contributed by atoms with Gasteiger partial charge in [-0.25, -0.2) is 0 Å². The molecule has 0 radical (unpaired) electrons.